The van der Waals surface area contributed by atoms with E-state index >= 15 is 0 Å². The van der Waals surface area contributed by atoms with Crippen molar-refractivity contribution >= 4 is 17.7 Å². The normalized spacial score (nSPS) is 10.5. The fourth-order valence-corrected chi connectivity index (χ4v) is 3.04. The maximum absolute atomic E-state index is 12.0. The second-order valence-corrected chi connectivity index (χ2v) is 6.97. The van der Waals surface area contributed by atoms with E-state index in [1.165, 1.54) is 11.8 Å². The zero-order chi connectivity index (χ0) is 19.8. The molecule has 146 valence electrons. The van der Waals surface area contributed by atoms with Crippen molar-refractivity contribution in [2.45, 2.75) is 25.2 Å². The van der Waals surface area contributed by atoms with Gasteiger partial charge in [-0.1, -0.05) is 42.1 Å². The van der Waals surface area contributed by atoms with Crippen LogP contribution in [0.2, 0.25) is 0 Å². The van der Waals surface area contributed by atoms with E-state index in [1.807, 2.05) is 55.5 Å². The molecule has 0 atom stereocenters. The molecule has 2 aromatic carbocycles. The topological polar surface area (TPSA) is 89.1 Å². The first-order valence-electron chi connectivity index (χ1n) is 8.76. The van der Waals surface area contributed by atoms with Crippen LogP contribution < -0.4 is 14.8 Å². The Labute approximate surface area is 167 Å². The third kappa shape index (κ3) is 5.75. The van der Waals surface area contributed by atoms with Gasteiger partial charge in [-0.2, -0.15) is 0 Å². The maximum Gasteiger partial charge on any atom is 0.230 e. The number of amides is 1. The van der Waals surface area contributed by atoms with Gasteiger partial charge in [-0.25, -0.2) is 4.98 Å². The number of hydrogen-bond donors (Lipinski definition) is 2. The summed E-state index contributed by atoms with van der Waals surface area (Å²) in [5.41, 5.74) is 2.07. The van der Waals surface area contributed by atoms with E-state index in [-0.39, 0.29) is 11.7 Å². The minimum Gasteiger partial charge on any atom is -0.497 e. The third-order valence-electron chi connectivity index (χ3n) is 3.95. The fourth-order valence-electron chi connectivity index (χ4n) is 2.40. The van der Waals surface area contributed by atoms with Crippen LogP contribution in [0.25, 0.3) is 0 Å². The van der Waals surface area contributed by atoms with Gasteiger partial charge >= 0.3 is 0 Å². The summed E-state index contributed by atoms with van der Waals surface area (Å²) >= 11 is 1.27. The lowest BCUT2D eigenvalue weighted by molar-refractivity contribution is -0.118. The summed E-state index contributed by atoms with van der Waals surface area (Å²) in [5, 5.41) is 10.3. The molecule has 0 radical (unpaired) electrons. The van der Waals surface area contributed by atoms with Gasteiger partial charge in [0, 0.05) is 6.54 Å². The van der Waals surface area contributed by atoms with Crippen molar-refractivity contribution in [1.29, 1.82) is 0 Å². The van der Waals surface area contributed by atoms with Gasteiger partial charge in [0.1, 0.15) is 18.1 Å². The number of hydrogen-bond acceptors (Lipinski definition) is 6. The van der Waals surface area contributed by atoms with Gasteiger partial charge in [0.2, 0.25) is 11.1 Å². The van der Waals surface area contributed by atoms with Crippen molar-refractivity contribution in [3.05, 3.63) is 65.5 Å². The molecule has 0 unspecified atom stereocenters. The standard InChI is InChI=1S/C20H22N4O3S/c1-14-5-3-4-6-17(14)27-12-18-22-20(24-23-18)28-13-19(25)21-11-15-7-9-16(26-2)10-8-15/h3-10H,11-13H2,1-2H3,(H,21,25)(H,22,23,24). The van der Waals surface area contributed by atoms with Crippen LogP contribution in [0.5, 0.6) is 11.5 Å². The number of H-pyrrole nitrogens is 1. The molecule has 0 spiro atoms. The molecule has 0 aliphatic rings. The molecular weight excluding hydrogens is 376 g/mol. The minimum absolute atomic E-state index is 0.0803. The van der Waals surface area contributed by atoms with Gasteiger partial charge in [-0.15, -0.1) is 5.10 Å². The molecule has 0 bridgehead atoms. The number of rotatable bonds is 9. The number of aryl methyl sites for hydroxylation is 1. The number of thioether (sulfide) groups is 1. The summed E-state index contributed by atoms with van der Waals surface area (Å²) < 4.78 is 10.9. The number of nitrogens with zero attached hydrogens (tertiary/aromatic N) is 2. The van der Waals surface area contributed by atoms with Crippen LogP contribution in [0.1, 0.15) is 17.0 Å². The van der Waals surface area contributed by atoms with Crippen molar-refractivity contribution in [3.8, 4) is 11.5 Å². The molecule has 7 nitrogen and oxygen atoms in total. The highest BCUT2D eigenvalue weighted by Gasteiger charge is 2.09. The monoisotopic (exact) mass is 398 g/mol. The van der Waals surface area contributed by atoms with E-state index in [2.05, 4.69) is 20.5 Å². The zero-order valence-electron chi connectivity index (χ0n) is 15.8. The van der Waals surface area contributed by atoms with E-state index in [1.54, 1.807) is 7.11 Å². The van der Waals surface area contributed by atoms with Gasteiger partial charge in [0.05, 0.1) is 12.9 Å². The highest BCUT2D eigenvalue weighted by molar-refractivity contribution is 7.99. The number of benzene rings is 2. The van der Waals surface area contributed by atoms with Gasteiger partial charge < -0.3 is 14.8 Å². The summed E-state index contributed by atoms with van der Waals surface area (Å²) in [6.07, 6.45) is 0. The number of methoxy groups -OCH3 is 1. The molecule has 8 heteroatoms. The lowest BCUT2D eigenvalue weighted by Crippen LogP contribution is -2.24. The molecule has 0 fully saturated rings. The number of aromatic amines is 1. The summed E-state index contributed by atoms with van der Waals surface area (Å²) in [6, 6.07) is 15.4. The van der Waals surface area contributed by atoms with Crippen molar-refractivity contribution in [1.82, 2.24) is 20.5 Å². The summed E-state index contributed by atoms with van der Waals surface area (Å²) in [6.45, 7) is 2.75. The molecule has 0 saturated heterocycles. The largest absolute Gasteiger partial charge is 0.497 e. The Balaban J connectivity index is 1.40. The molecular formula is C20H22N4O3S. The first kappa shape index (κ1) is 19.8. The highest BCUT2D eigenvalue weighted by Crippen LogP contribution is 2.18. The van der Waals surface area contributed by atoms with Crippen LogP contribution >= 0.6 is 11.8 Å². The molecule has 2 N–H and O–H groups in total. The number of nitrogens with one attached hydrogen (secondary N) is 2. The first-order chi connectivity index (χ1) is 13.6. The van der Waals surface area contributed by atoms with Crippen LogP contribution in [0.4, 0.5) is 0 Å². The zero-order valence-corrected chi connectivity index (χ0v) is 16.6. The van der Waals surface area contributed by atoms with Crippen LogP contribution in [-0.2, 0) is 17.9 Å². The average Bonchev–Trinajstić information content (AvgIpc) is 3.18. The Morgan fingerprint density at radius 2 is 1.96 bits per heavy atom. The predicted molar refractivity (Wildman–Crippen MR) is 107 cm³/mol. The van der Waals surface area contributed by atoms with Crippen molar-refractivity contribution < 1.29 is 14.3 Å². The predicted octanol–water partition coefficient (Wildman–Crippen LogP) is 3.11. The lowest BCUT2D eigenvalue weighted by atomic mass is 10.2. The molecule has 0 saturated carbocycles. The lowest BCUT2D eigenvalue weighted by Gasteiger charge is -2.06. The van der Waals surface area contributed by atoms with E-state index in [0.29, 0.717) is 24.1 Å². The molecule has 1 aromatic heterocycles. The third-order valence-corrected chi connectivity index (χ3v) is 4.80. The molecule has 28 heavy (non-hydrogen) atoms. The van der Waals surface area contributed by atoms with Crippen LogP contribution in [0.3, 0.4) is 0 Å². The Bertz CT molecular complexity index is 912. The average molecular weight is 398 g/mol. The van der Waals surface area contributed by atoms with Crippen LogP contribution in [0.15, 0.2) is 53.7 Å². The Morgan fingerprint density at radius 3 is 2.71 bits per heavy atom. The fraction of sp³-hybridized carbons (Fsp3) is 0.250. The summed E-state index contributed by atoms with van der Waals surface area (Å²) in [5.74, 6) is 2.38. The number of ether oxygens (including phenoxy) is 2. The number of para-hydroxylation sites is 1. The van der Waals surface area contributed by atoms with Crippen molar-refractivity contribution in [3.63, 3.8) is 0 Å². The molecule has 1 amide bonds. The summed E-state index contributed by atoms with van der Waals surface area (Å²) in [4.78, 5) is 16.4. The molecule has 0 aliphatic heterocycles. The Hall–Kier alpha value is -3.00. The number of aromatic nitrogens is 3. The Morgan fingerprint density at radius 1 is 1.18 bits per heavy atom. The molecule has 0 aliphatic carbocycles. The second kappa shape index (κ2) is 9.80. The first-order valence-corrected chi connectivity index (χ1v) is 9.75. The van der Waals surface area contributed by atoms with Gasteiger partial charge in [-0.3, -0.25) is 9.89 Å². The van der Waals surface area contributed by atoms with E-state index < -0.39 is 0 Å². The maximum atomic E-state index is 12.0. The second-order valence-electron chi connectivity index (χ2n) is 6.03. The van der Waals surface area contributed by atoms with E-state index in [9.17, 15) is 4.79 Å². The van der Waals surface area contributed by atoms with Gasteiger partial charge in [0.15, 0.2) is 5.82 Å². The highest BCUT2D eigenvalue weighted by atomic mass is 32.2. The summed E-state index contributed by atoms with van der Waals surface area (Å²) in [7, 11) is 1.62. The number of carbonyl (C=O) groups excluding carboxylic acids is 1. The molecule has 3 aromatic rings. The van der Waals surface area contributed by atoms with Crippen molar-refractivity contribution in [2.75, 3.05) is 12.9 Å². The Kier molecular flexibility index (Phi) is 6.91. The van der Waals surface area contributed by atoms with E-state index in [0.717, 1.165) is 22.6 Å². The quantitative estimate of drug-likeness (QED) is 0.539. The number of carbonyl (C=O) groups is 1. The molecule has 3 rings (SSSR count). The van der Waals surface area contributed by atoms with Crippen molar-refractivity contribution in [2.24, 2.45) is 0 Å². The van der Waals surface area contributed by atoms with Gasteiger partial charge in [-0.05, 0) is 36.2 Å². The van der Waals surface area contributed by atoms with Crippen LogP contribution in [0, 0.1) is 6.92 Å². The smallest absolute Gasteiger partial charge is 0.230 e. The molecule has 1 heterocycles. The SMILES string of the molecule is COc1ccc(CNC(=O)CSc2n[nH]c(COc3ccccc3C)n2)cc1. The minimum atomic E-state index is -0.0803. The van der Waals surface area contributed by atoms with Crippen LogP contribution in [-0.4, -0.2) is 34.0 Å². The van der Waals surface area contributed by atoms with E-state index in [4.69, 9.17) is 9.47 Å². The van der Waals surface area contributed by atoms with Gasteiger partial charge in [0.25, 0.3) is 0 Å².